The summed E-state index contributed by atoms with van der Waals surface area (Å²) in [5.74, 6) is 0. The molecule has 1 aromatic carbocycles. The van der Waals surface area contributed by atoms with E-state index >= 15 is 0 Å². The fourth-order valence-corrected chi connectivity index (χ4v) is 2.66. The van der Waals surface area contributed by atoms with E-state index in [4.69, 9.17) is 3.47 Å². The number of hydrogen-bond acceptors (Lipinski definition) is 1. The molecule has 1 nitrogen and oxygen atoms in total. The van der Waals surface area contributed by atoms with Gasteiger partial charge in [-0.05, 0) is 0 Å². The molecular weight excluding hydrogens is 292 g/mol. The Bertz CT molecular complexity index is 289. The summed E-state index contributed by atoms with van der Waals surface area (Å²) in [5.41, 5.74) is 0. The summed E-state index contributed by atoms with van der Waals surface area (Å²) in [7, 11) is 0. The van der Waals surface area contributed by atoms with Crippen molar-refractivity contribution in [2.24, 2.45) is 0 Å². The number of hydrogen-bond donors (Lipinski definition) is 1. The molecular formula is C6H6F4OTe. The van der Waals surface area contributed by atoms with Crippen molar-refractivity contribution < 1.29 is 15.0 Å². The Morgan fingerprint density at radius 2 is 1.33 bits per heavy atom. The summed E-state index contributed by atoms with van der Waals surface area (Å²) in [6.07, 6.45) is 0. The summed E-state index contributed by atoms with van der Waals surface area (Å²) in [6, 6.07) is 4.39. The second kappa shape index (κ2) is 1.95. The van der Waals surface area contributed by atoms with Crippen molar-refractivity contribution in [1.29, 1.82) is 0 Å². The summed E-state index contributed by atoms with van der Waals surface area (Å²) in [6.45, 7) is 0. The number of halogens is 4. The zero-order valence-electron chi connectivity index (χ0n) is 5.75. The molecule has 0 atom stereocenters. The summed E-state index contributed by atoms with van der Waals surface area (Å²) in [4.78, 5) is 0. The zero-order chi connectivity index (χ0) is 9.52. The average Bonchev–Trinajstić information content (AvgIpc) is 1.85. The number of rotatable bonds is 1. The van der Waals surface area contributed by atoms with Gasteiger partial charge in [0.25, 0.3) is 0 Å². The first-order chi connectivity index (χ1) is 5.09. The molecule has 6 heteroatoms. The van der Waals surface area contributed by atoms with Crippen LogP contribution in [0.3, 0.4) is 0 Å². The molecule has 0 aliphatic carbocycles. The van der Waals surface area contributed by atoms with Gasteiger partial charge in [0.05, 0.1) is 0 Å². The fraction of sp³-hybridized carbons (Fsp3) is 0. The van der Waals surface area contributed by atoms with E-state index in [1.54, 1.807) is 0 Å². The molecule has 0 fully saturated rings. The molecule has 12 heavy (non-hydrogen) atoms. The van der Waals surface area contributed by atoms with Crippen LogP contribution in [0, 0.1) is 0 Å². The molecule has 0 spiro atoms. The van der Waals surface area contributed by atoms with Crippen molar-refractivity contribution in [3.8, 4) is 0 Å². The van der Waals surface area contributed by atoms with E-state index in [0.29, 0.717) is 12.1 Å². The molecule has 1 N–H and O–H groups in total. The van der Waals surface area contributed by atoms with E-state index in [0.717, 1.165) is 12.1 Å². The Balaban J connectivity index is 3.36. The maximum atomic E-state index is 12.2. The molecule has 70 valence electrons. The Morgan fingerprint density at radius 3 is 1.58 bits per heavy atom. The van der Waals surface area contributed by atoms with Gasteiger partial charge >= 0.3 is 67.1 Å². The van der Waals surface area contributed by atoms with Crippen molar-refractivity contribution in [3.63, 3.8) is 0 Å². The van der Waals surface area contributed by atoms with Crippen molar-refractivity contribution in [1.82, 2.24) is 0 Å². The fourth-order valence-electron chi connectivity index (χ4n) is 0.687. The molecule has 0 saturated carbocycles. The van der Waals surface area contributed by atoms with Gasteiger partial charge in [-0.2, -0.15) is 0 Å². The van der Waals surface area contributed by atoms with Crippen molar-refractivity contribution in [2.45, 2.75) is 0 Å². The molecule has 0 aliphatic rings. The Hall–Kier alpha value is -0.310. The normalized spacial score (nSPS) is 18.1. The second-order valence-corrected chi connectivity index (χ2v) is 9.54. The van der Waals surface area contributed by atoms with Crippen LogP contribution in [0.2, 0.25) is 0 Å². The van der Waals surface area contributed by atoms with Crippen LogP contribution < -0.4 is 3.61 Å². The molecule has 1 rings (SSSR count). The summed E-state index contributed by atoms with van der Waals surface area (Å²) >= 11 is -9.75. The quantitative estimate of drug-likeness (QED) is 0.617. The minimum absolute atomic E-state index is 0.519. The Kier molecular flexibility index (Phi) is 1.59. The molecule has 0 aliphatic heterocycles. The molecule has 0 bridgehead atoms. The molecule has 0 unspecified atom stereocenters. The van der Waals surface area contributed by atoms with Crippen LogP contribution in [0.5, 0.6) is 0 Å². The van der Waals surface area contributed by atoms with Gasteiger partial charge in [-0.25, -0.2) is 0 Å². The van der Waals surface area contributed by atoms with E-state index < -0.39 is 21.7 Å². The first-order valence-corrected chi connectivity index (χ1v) is 8.65. The molecule has 1 aromatic rings. The Morgan fingerprint density at radius 1 is 0.917 bits per heavy atom. The van der Waals surface area contributed by atoms with Gasteiger partial charge in [0, 0.05) is 0 Å². The van der Waals surface area contributed by atoms with Gasteiger partial charge < -0.3 is 0 Å². The predicted molar refractivity (Wildman–Crippen MR) is 38.5 cm³/mol. The topological polar surface area (TPSA) is 20.2 Å². The first-order valence-electron chi connectivity index (χ1n) is 2.91. The number of benzene rings is 1. The van der Waals surface area contributed by atoms with Crippen LogP contribution in [-0.2, 0) is 0 Å². The molecule has 0 heterocycles. The van der Waals surface area contributed by atoms with Crippen LogP contribution >= 0.6 is 0 Å². The van der Waals surface area contributed by atoms with Crippen molar-refractivity contribution >= 4 is 21.7 Å². The van der Waals surface area contributed by atoms with Crippen LogP contribution in [-0.4, -0.2) is 21.6 Å². The Labute approximate surface area is 67.4 Å². The SMILES string of the molecule is O[Te](F)(F)(F)(F)c1ccccc1. The van der Waals surface area contributed by atoms with Crippen LogP contribution in [0.25, 0.3) is 0 Å². The molecule has 0 saturated heterocycles. The van der Waals surface area contributed by atoms with Gasteiger partial charge in [-0.1, -0.05) is 0 Å². The van der Waals surface area contributed by atoms with E-state index in [-0.39, 0.29) is 0 Å². The van der Waals surface area contributed by atoms with Gasteiger partial charge in [0.2, 0.25) is 0 Å². The van der Waals surface area contributed by atoms with Gasteiger partial charge in [-0.3, -0.25) is 0 Å². The van der Waals surface area contributed by atoms with E-state index in [1.165, 1.54) is 6.07 Å². The third-order valence-electron chi connectivity index (χ3n) is 1.20. The third kappa shape index (κ3) is 2.34. The maximum absolute atomic E-state index is 12.2. The second-order valence-electron chi connectivity index (χ2n) is 2.34. The van der Waals surface area contributed by atoms with E-state index in [9.17, 15) is 11.6 Å². The summed E-state index contributed by atoms with van der Waals surface area (Å²) < 4.78 is 55.3. The molecule has 0 aromatic heterocycles. The standard InChI is InChI=1S/C6H6F4OTe/c7-12(8,9,10,11)6-4-2-1-3-5-6/h1-5,11H. The van der Waals surface area contributed by atoms with E-state index in [2.05, 4.69) is 0 Å². The van der Waals surface area contributed by atoms with Crippen molar-refractivity contribution in [2.75, 3.05) is 0 Å². The van der Waals surface area contributed by atoms with Crippen LogP contribution in [0.1, 0.15) is 0 Å². The van der Waals surface area contributed by atoms with Gasteiger partial charge in [0.15, 0.2) is 0 Å². The first kappa shape index (κ1) is 9.78. The van der Waals surface area contributed by atoms with E-state index in [1.807, 2.05) is 0 Å². The van der Waals surface area contributed by atoms with Gasteiger partial charge in [-0.15, -0.1) is 0 Å². The summed E-state index contributed by atoms with van der Waals surface area (Å²) in [5, 5.41) is 0. The van der Waals surface area contributed by atoms with Crippen LogP contribution in [0.15, 0.2) is 30.3 Å². The van der Waals surface area contributed by atoms with Gasteiger partial charge in [0.1, 0.15) is 0 Å². The van der Waals surface area contributed by atoms with Crippen LogP contribution in [0.4, 0.5) is 11.6 Å². The monoisotopic (exact) mass is 300 g/mol. The molecule has 0 amide bonds. The molecule has 0 radical (unpaired) electrons. The zero-order valence-corrected chi connectivity index (χ0v) is 8.08. The predicted octanol–water partition coefficient (Wildman–Crippen LogP) is 1.60. The average molecular weight is 298 g/mol. The van der Waals surface area contributed by atoms with Crippen molar-refractivity contribution in [3.05, 3.63) is 30.3 Å². The third-order valence-corrected chi connectivity index (χ3v) is 4.62. The minimum atomic E-state index is -9.75.